The fourth-order valence-corrected chi connectivity index (χ4v) is 1.67. The zero-order valence-corrected chi connectivity index (χ0v) is 9.60. The van der Waals surface area contributed by atoms with Crippen molar-refractivity contribution >= 4 is 23.1 Å². The van der Waals surface area contributed by atoms with Gasteiger partial charge in [-0.15, -0.1) is 0 Å². The van der Waals surface area contributed by atoms with Crippen molar-refractivity contribution in [1.29, 1.82) is 5.26 Å². The van der Waals surface area contributed by atoms with E-state index in [1.54, 1.807) is 12.1 Å². The Balaban J connectivity index is 2.52. The maximum atomic E-state index is 8.67. The molecule has 80 valence electrons. The highest BCUT2D eigenvalue weighted by Crippen LogP contribution is 2.19. The normalized spacial score (nSPS) is 9.60. The van der Waals surface area contributed by atoms with Crippen LogP contribution in [0, 0.1) is 11.3 Å². The van der Waals surface area contributed by atoms with Crippen molar-refractivity contribution in [2.45, 2.75) is 6.42 Å². The van der Waals surface area contributed by atoms with Gasteiger partial charge in [0.15, 0.2) is 0 Å². The molecule has 0 aliphatic heterocycles. The summed E-state index contributed by atoms with van der Waals surface area (Å²) < 4.78 is 0. The summed E-state index contributed by atoms with van der Waals surface area (Å²) in [7, 11) is 0. The number of anilines is 2. The molecule has 0 spiro atoms. The Hall–Kier alpha value is -1.34. The largest absolute Gasteiger partial charge is 0.397 e. The van der Waals surface area contributed by atoms with Crippen molar-refractivity contribution in [1.82, 2.24) is 0 Å². The van der Waals surface area contributed by atoms with E-state index in [-0.39, 0.29) is 0 Å². The number of nitriles is 1. The van der Waals surface area contributed by atoms with Crippen LogP contribution in [0.25, 0.3) is 0 Å². The Morgan fingerprint density at radius 2 is 2.33 bits per heavy atom. The minimum Gasteiger partial charge on any atom is -0.397 e. The molecule has 0 saturated heterocycles. The number of nitrogens with two attached hydrogens (primary N) is 1. The van der Waals surface area contributed by atoms with Crippen LogP contribution in [-0.4, -0.2) is 18.6 Å². The Bertz CT molecular complexity index is 357. The highest BCUT2D eigenvalue weighted by Gasteiger charge is 1.99. The Morgan fingerprint density at radius 3 is 2.93 bits per heavy atom. The number of hydrogen-bond donors (Lipinski definition) is 2. The maximum Gasteiger partial charge on any atom is 0.0992 e. The smallest absolute Gasteiger partial charge is 0.0992 e. The summed E-state index contributed by atoms with van der Waals surface area (Å²) in [5.74, 6) is 1.14. The van der Waals surface area contributed by atoms with Crippen LogP contribution in [0.15, 0.2) is 18.2 Å². The average molecular weight is 221 g/mol. The van der Waals surface area contributed by atoms with E-state index in [0.717, 1.165) is 24.4 Å². The monoisotopic (exact) mass is 221 g/mol. The Morgan fingerprint density at radius 1 is 1.53 bits per heavy atom. The van der Waals surface area contributed by atoms with Crippen molar-refractivity contribution < 1.29 is 0 Å². The van der Waals surface area contributed by atoms with Gasteiger partial charge in [0.1, 0.15) is 0 Å². The van der Waals surface area contributed by atoms with Crippen molar-refractivity contribution in [3.05, 3.63) is 23.8 Å². The molecule has 0 heterocycles. The van der Waals surface area contributed by atoms with Gasteiger partial charge in [-0.2, -0.15) is 17.0 Å². The highest BCUT2D eigenvalue weighted by atomic mass is 32.2. The molecule has 15 heavy (non-hydrogen) atoms. The summed E-state index contributed by atoms with van der Waals surface area (Å²) in [4.78, 5) is 0. The molecular formula is C11H15N3S. The zero-order valence-electron chi connectivity index (χ0n) is 8.79. The van der Waals surface area contributed by atoms with E-state index in [1.807, 2.05) is 17.8 Å². The summed E-state index contributed by atoms with van der Waals surface area (Å²) in [6.07, 6.45) is 3.21. The molecular weight excluding hydrogens is 206 g/mol. The summed E-state index contributed by atoms with van der Waals surface area (Å²) in [5, 5.41) is 11.9. The number of nitrogens with one attached hydrogen (secondary N) is 1. The number of rotatable bonds is 5. The van der Waals surface area contributed by atoms with Gasteiger partial charge < -0.3 is 11.1 Å². The third kappa shape index (κ3) is 3.72. The fourth-order valence-electron chi connectivity index (χ4n) is 1.23. The van der Waals surface area contributed by atoms with Crippen LogP contribution >= 0.6 is 11.8 Å². The predicted octanol–water partition coefficient (Wildman–Crippen LogP) is 2.31. The quantitative estimate of drug-likeness (QED) is 0.591. The summed E-state index contributed by atoms with van der Waals surface area (Å²) in [6.45, 7) is 0.914. The van der Waals surface area contributed by atoms with Crippen LogP contribution in [0.2, 0.25) is 0 Å². The second-order valence-electron chi connectivity index (χ2n) is 3.19. The van der Waals surface area contributed by atoms with Gasteiger partial charge in [0.25, 0.3) is 0 Å². The van der Waals surface area contributed by atoms with Crippen LogP contribution in [0.5, 0.6) is 0 Å². The second-order valence-corrected chi connectivity index (χ2v) is 4.17. The Labute approximate surface area is 94.7 Å². The first-order chi connectivity index (χ1) is 7.27. The lowest BCUT2D eigenvalue weighted by Crippen LogP contribution is -2.05. The van der Waals surface area contributed by atoms with Crippen molar-refractivity contribution in [2.75, 3.05) is 29.6 Å². The van der Waals surface area contributed by atoms with E-state index in [4.69, 9.17) is 11.0 Å². The molecule has 0 fully saturated rings. The average Bonchev–Trinajstić information content (AvgIpc) is 2.26. The van der Waals surface area contributed by atoms with Gasteiger partial charge in [-0.05, 0) is 36.6 Å². The molecule has 3 N–H and O–H groups in total. The van der Waals surface area contributed by atoms with Gasteiger partial charge >= 0.3 is 0 Å². The van der Waals surface area contributed by atoms with E-state index in [0.29, 0.717) is 11.3 Å². The van der Waals surface area contributed by atoms with Crippen LogP contribution in [0.3, 0.4) is 0 Å². The van der Waals surface area contributed by atoms with Crippen LogP contribution in [0.1, 0.15) is 12.0 Å². The first kappa shape index (κ1) is 11.7. The number of thioether (sulfide) groups is 1. The SMILES string of the molecule is CSCCCNc1ccc(C#N)cc1N. The third-order valence-corrected chi connectivity index (χ3v) is 2.72. The minimum absolute atomic E-state index is 0.599. The molecule has 0 amide bonds. The van der Waals surface area contributed by atoms with Gasteiger partial charge in [0.2, 0.25) is 0 Å². The first-order valence-electron chi connectivity index (χ1n) is 4.80. The molecule has 1 aromatic rings. The van der Waals surface area contributed by atoms with Crippen molar-refractivity contribution in [3.8, 4) is 6.07 Å². The number of benzene rings is 1. The maximum absolute atomic E-state index is 8.67. The van der Waals surface area contributed by atoms with Crippen molar-refractivity contribution in [3.63, 3.8) is 0 Å². The Kier molecular flexibility index (Phi) is 4.85. The van der Waals surface area contributed by atoms with Crippen LogP contribution in [0.4, 0.5) is 11.4 Å². The van der Waals surface area contributed by atoms with E-state index >= 15 is 0 Å². The van der Waals surface area contributed by atoms with Gasteiger partial charge in [-0.25, -0.2) is 0 Å². The van der Waals surface area contributed by atoms with E-state index in [2.05, 4.69) is 17.6 Å². The fraction of sp³-hybridized carbons (Fsp3) is 0.364. The lowest BCUT2D eigenvalue weighted by Gasteiger charge is -2.08. The number of hydrogen-bond acceptors (Lipinski definition) is 4. The van der Waals surface area contributed by atoms with E-state index in [1.165, 1.54) is 0 Å². The predicted molar refractivity (Wildman–Crippen MR) is 67.1 cm³/mol. The topological polar surface area (TPSA) is 61.8 Å². The molecule has 0 atom stereocenters. The highest BCUT2D eigenvalue weighted by molar-refractivity contribution is 7.98. The lowest BCUT2D eigenvalue weighted by molar-refractivity contribution is 0.994. The molecule has 1 rings (SSSR count). The molecule has 0 bridgehead atoms. The van der Waals surface area contributed by atoms with Crippen LogP contribution in [-0.2, 0) is 0 Å². The molecule has 0 aliphatic carbocycles. The zero-order chi connectivity index (χ0) is 11.1. The number of nitrogens with zero attached hydrogens (tertiary/aromatic N) is 1. The summed E-state index contributed by atoms with van der Waals surface area (Å²) in [5.41, 5.74) is 7.94. The minimum atomic E-state index is 0.599. The second kappa shape index (κ2) is 6.20. The van der Waals surface area contributed by atoms with Gasteiger partial charge in [-0.3, -0.25) is 0 Å². The number of nitrogen functional groups attached to an aromatic ring is 1. The first-order valence-corrected chi connectivity index (χ1v) is 6.19. The molecule has 1 aromatic carbocycles. The molecule has 4 heteroatoms. The summed E-state index contributed by atoms with van der Waals surface area (Å²) in [6, 6.07) is 7.38. The molecule has 0 saturated carbocycles. The lowest BCUT2D eigenvalue weighted by atomic mass is 10.2. The molecule has 0 unspecified atom stereocenters. The van der Waals surface area contributed by atoms with E-state index < -0.39 is 0 Å². The molecule has 3 nitrogen and oxygen atoms in total. The van der Waals surface area contributed by atoms with Gasteiger partial charge in [-0.1, -0.05) is 0 Å². The van der Waals surface area contributed by atoms with E-state index in [9.17, 15) is 0 Å². The van der Waals surface area contributed by atoms with Crippen molar-refractivity contribution in [2.24, 2.45) is 0 Å². The molecule has 0 aromatic heterocycles. The van der Waals surface area contributed by atoms with Gasteiger partial charge in [0.05, 0.1) is 23.0 Å². The third-order valence-electron chi connectivity index (χ3n) is 2.02. The molecule has 0 aliphatic rings. The van der Waals surface area contributed by atoms with Gasteiger partial charge in [0, 0.05) is 6.54 Å². The van der Waals surface area contributed by atoms with Crippen LogP contribution < -0.4 is 11.1 Å². The summed E-state index contributed by atoms with van der Waals surface area (Å²) >= 11 is 1.83. The molecule has 0 radical (unpaired) electrons. The standard InChI is InChI=1S/C11H15N3S/c1-15-6-2-5-14-11-4-3-9(8-12)7-10(11)13/h3-4,7,14H,2,5-6,13H2,1H3.